The van der Waals surface area contributed by atoms with Crippen LogP contribution < -0.4 is 5.73 Å². The summed E-state index contributed by atoms with van der Waals surface area (Å²) in [5, 5.41) is 0. The van der Waals surface area contributed by atoms with E-state index in [4.69, 9.17) is 5.73 Å². The number of rotatable bonds is 1. The number of likely N-dealkylation sites (tertiary alicyclic amines) is 1. The van der Waals surface area contributed by atoms with Crippen LogP contribution in [0.1, 0.15) is 33.1 Å². The van der Waals surface area contributed by atoms with E-state index in [9.17, 15) is 8.42 Å². The summed E-state index contributed by atoms with van der Waals surface area (Å²) in [5.74, 6) is 0.669. The van der Waals surface area contributed by atoms with Gasteiger partial charge in [-0.25, -0.2) is 8.42 Å². The zero-order valence-corrected chi connectivity index (χ0v) is 11.0. The van der Waals surface area contributed by atoms with Crippen LogP contribution in [0.3, 0.4) is 0 Å². The fourth-order valence-electron chi connectivity index (χ4n) is 3.01. The lowest BCUT2D eigenvalue weighted by Gasteiger charge is -2.49. The van der Waals surface area contributed by atoms with Crippen molar-refractivity contribution < 1.29 is 8.42 Å². The summed E-state index contributed by atoms with van der Waals surface area (Å²) < 4.78 is 23.0. The Morgan fingerprint density at radius 2 is 2.00 bits per heavy atom. The summed E-state index contributed by atoms with van der Waals surface area (Å²) in [6.07, 6.45) is 2.91. The quantitative estimate of drug-likeness (QED) is 0.726. The molecule has 4 nitrogen and oxygen atoms in total. The maximum absolute atomic E-state index is 11.5. The summed E-state index contributed by atoms with van der Waals surface area (Å²) in [7, 11) is -2.79. The lowest BCUT2D eigenvalue weighted by atomic mass is 9.84. The van der Waals surface area contributed by atoms with Crippen LogP contribution in [0, 0.1) is 0 Å². The molecule has 0 aliphatic carbocycles. The Bertz CT molecular complexity index is 364. The lowest BCUT2D eigenvalue weighted by molar-refractivity contribution is 0.0262. The fraction of sp³-hybridized carbons (Fsp3) is 1.00. The molecule has 2 aliphatic heterocycles. The molecule has 2 N–H and O–H groups in total. The van der Waals surface area contributed by atoms with E-state index in [1.165, 1.54) is 0 Å². The first-order valence-electron chi connectivity index (χ1n) is 6.06. The molecule has 2 rings (SSSR count). The van der Waals surface area contributed by atoms with Gasteiger partial charge < -0.3 is 5.73 Å². The minimum Gasteiger partial charge on any atom is -0.326 e. The summed E-state index contributed by atoms with van der Waals surface area (Å²) in [6.45, 7) is 5.27. The van der Waals surface area contributed by atoms with Crippen molar-refractivity contribution in [2.75, 3.05) is 18.1 Å². The standard InChI is InChI=1S/C11H22N2O2S/c1-11(2)10(12)4-3-6-13(11)9-5-7-16(14,15)8-9/h9-10H,3-8,12H2,1-2H3. The molecule has 0 spiro atoms. The fourth-order valence-corrected chi connectivity index (χ4v) is 4.74. The molecule has 5 heteroatoms. The van der Waals surface area contributed by atoms with Crippen LogP contribution in [0.15, 0.2) is 0 Å². The zero-order chi connectivity index (χ0) is 12.0. The van der Waals surface area contributed by atoms with Crippen molar-refractivity contribution >= 4 is 9.84 Å². The minimum atomic E-state index is -2.79. The SMILES string of the molecule is CC1(C)C(N)CCCN1C1CCS(=O)(=O)C1. The molecule has 0 aromatic rings. The monoisotopic (exact) mass is 246 g/mol. The van der Waals surface area contributed by atoms with Gasteiger partial charge in [0.05, 0.1) is 11.5 Å². The van der Waals surface area contributed by atoms with Crippen LogP contribution in [-0.2, 0) is 9.84 Å². The van der Waals surface area contributed by atoms with Crippen molar-refractivity contribution in [2.45, 2.75) is 50.7 Å². The molecule has 16 heavy (non-hydrogen) atoms. The summed E-state index contributed by atoms with van der Waals surface area (Å²) in [4.78, 5) is 2.33. The Morgan fingerprint density at radius 3 is 2.56 bits per heavy atom. The van der Waals surface area contributed by atoms with Crippen LogP contribution in [0.5, 0.6) is 0 Å². The smallest absolute Gasteiger partial charge is 0.151 e. The van der Waals surface area contributed by atoms with E-state index < -0.39 is 9.84 Å². The van der Waals surface area contributed by atoms with Gasteiger partial charge in [-0.05, 0) is 39.7 Å². The topological polar surface area (TPSA) is 63.4 Å². The maximum atomic E-state index is 11.5. The molecule has 0 bridgehead atoms. The number of sulfone groups is 1. The first-order valence-corrected chi connectivity index (χ1v) is 7.88. The number of nitrogens with two attached hydrogens (primary N) is 1. The van der Waals surface area contributed by atoms with Gasteiger partial charge in [0.1, 0.15) is 0 Å². The normalized spacial score (nSPS) is 38.7. The van der Waals surface area contributed by atoms with Crippen molar-refractivity contribution in [3.63, 3.8) is 0 Å². The van der Waals surface area contributed by atoms with E-state index in [-0.39, 0.29) is 17.6 Å². The van der Waals surface area contributed by atoms with Gasteiger partial charge in [0.15, 0.2) is 9.84 Å². The average molecular weight is 246 g/mol. The van der Waals surface area contributed by atoms with Crippen LogP contribution in [0.25, 0.3) is 0 Å². The first kappa shape index (κ1) is 12.3. The van der Waals surface area contributed by atoms with Gasteiger partial charge in [-0.2, -0.15) is 0 Å². The Morgan fingerprint density at radius 1 is 1.31 bits per heavy atom. The van der Waals surface area contributed by atoms with Crippen molar-refractivity contribution in [2.24, 2.45) is 5.73 Å². The Labute approximate surface area is 98.1 Å². The molecular formula is C11H22N2O2S. The summed E-state index contributed by atoms with van der Waals surface area (Å²) >= 11 is 0. The molecule has 94 valence electrons. The molecule has 2 atom stereocenters. The Kier molecular flexibility index (Phi) is 3.05. The highest BCUT2D eigenvalue weighted by Gasteiger charge is 2.43. The molecule has 0 radical (unpaired) electrons. The van der Waals surface area contributed by atoms with Crippen LogP contribution >= 0.6 is 0 Å². The number of nitrogens with zero attached hydrogens (tertiary/aromatic N) is 1. The van der Waals surface area contributed by atoms with Crippen molar-refractivity contribution in [1.82, 2.24) is 4.90 Å². The molecular weight excluding hydrogens is 224 g/mol. The molecule has 0 aromatic heterocycles. The molecule has 0 saturated carbocycles. The number of piperidine rings is 1. The summed E-state index contributed by atoms with van der Waals surface area (Å²) in [5.41, 5.74) is 6.08. The minimum absolute atomic E-state index is 0.0667. The Balaban J connectivity index is 2.15. The van der Waals surface area contributed by atoms with Gasteiger partial charge in [-0.1, -0.05) is 0 Å². The second kappa shape index (κ2) is 3.96. The van der Waals surface area contributed by atoms with Gasteiger partial charge >= 0.3 is 0 Å². The third kappa shape index (κ3) is 2.13. The predicted molar refractivity (Wildman–Crippen MR) is 65.1 cm³/mol. The molecule has 2 unspecified atom stereocenters. The highest BCUT2D eigenvalue weighted by Crippen LogP contribution is 2.32. The highest BCUT2D eigenvalue weighted by atomic mass is 32.2. The van der Waals surface area contributed by atoms with Crippen molar-refractivity contribution in [1.29, 1.82) is 0 Å². The molecule has 2 heterocycles. The van der Waals surface area contributed by atoms with E-state index >= 15 is 0 Å². The lowest BCUT2D eigenvalue weighted by Crippen LogP contribution is -2.62. The molecule has 0 aromatic carbocycles. The van der Waals surface area contributed by atoms with Crippen LogP contribution in [-0.4, -0.2) is 49.0 Å². The van der Waals surface area contributed by atoms with Crippen molar-refractivity contribution in [3.05, 3.63) is 0 Å². The van der Waals surface area contributed by atoms with Gasteiger partial charge in [0.2, 0.25) is 0 Å². The first-order chi connectivity index (χ1) is 7.33. The maximum Gasteiger partial charge on any atom is 0.151 e. The zero-order valence-electron chi connectivity index (χ0n) is 10.1. The van der Waals surface area contributed by atoms with Crippen LogP contribution in [0.2, 0.25) is 0 Å². The largest absolute Gasteiger partial charge is 0.326 e. The number of hydrogen-bond donors (Lipinski definition) is 1. The molecule has 0 amide bonds. The van der Waals surface area contributed by atoms with E-state index in [1.807, 2.05) is 0 Å². The van der Waals surface area contributed by atoms with Crippen LogP contribution in [0.4, 0.5) is 0 Å². The molecule has 2 aliphatic rings. The van der Waals surface area contributed by atoms with Gasteiger partial charge in [-0.3, -0.25) is 4.90 Å². The van der Waals surface area contributed by atoms with Gasteiger partial charge in [0, 0.05) is 17.6 Å². The second-order valence-corrected chi connectivity index (χ2v) is 7.88. The highest BCUT2D eigenvalue weighted by molar-refractivity contribution is 7.91. The van der Waals surface area contributed by atoms with E-state index in [0.29, 0.717) is 11.5 Å². The van der Waals surface area contributed by atoms with Gasteiger partial charge in [-0.15, -0.1) is 0 Å². The molecule has 2 saturated heterocycles. The van der Waals surface area contributed by atoms with E-state index in [0.717, 1.165) is 25.8 Å². The summed E-state index contributed by atoms with van der Waals surface area (Å²) in [6, 6.07) is 0.343. The number of hydrogen-bond acceptors (Lipinski definition) is 4. The van der Waals surface area contributed by atoms with Crippen molar-refractivity contribution in [3.8, 4) is 0 Å². The molecule has 2 fully saturated rings. The van der Waals surface area contributed by atoms with E-state index in [2.05, 4.69) is 18.7 Å². The average Bonchev–Trinajstić information content (AvgIpc) is 2.51. The Hall–Kier alpha value is -0.130. The van der Waals surface area contributed by atoms with E-state index in [1.54, 1.807) is 0 Å². The van der Waals surface area contributed by atoms with Gasteiger partial charge in [0.25, 0.3) is 0 Å². The second-order valence-electron chi connectivity index (χ2n) is 5.65. The predicted octanol–water partition coefficient (Wildman–Crippen LogP) is 0.375. The third-order valence-electron chi connectivity index (χ3n) is 4.21. The third-order valence-corrected chi connectivity index (χ3v) is 5.96.